The average Bonchev–Trinajstić information content (AvgIpc) is 2.11. The third kappa shape index (κ3) is 7.28. The number of hydrogen-bond donors (Lipinski definition) is 0. The second-order valence-corrected chi connectivity index (χ2v) is 7.34. The lowest BCUT2D eigenvalue weighted by Gasteiger charge is -2.01. The van der Waals surface area contributed by atoms with Gasteiger partial charge in [0.2, 0.25) is 8.07 Å². The van der Waals surface area contributed by atoms with Gasteiger partial charge in [0.05, 0.1) is 6.61 Å². The van der Waals surface area contributed by atoms with Crippen molar-refractivity contribution in [1.29, 1.82) is 0 Å². The molecule has 0 saturated carbocycles. The maximum Gasteiger partial charge on any atom is 0.253 e. The van der Waals surface area contributed by atoms with Crippen molar-refractivity contribution in [2.45, 2.75) is 20.0 Å². The Morgan fingerprint density at radius 1 is 1.38 bits per heavy atom. The van der Waals surface area contributed by atoms with E-state index in [-0.39, 0.29) is 0 Å². The fraction of sp³-hybridized carbons (Fsp3) is 0.400. The molecule has 0 N–H and O–H groups in total. The van der Waals surface area contributed by atoms with Crippen molar-refractivity contribution >= 4 is 17.6 Å². The highest BCUT2D eigenvalue weighted by Gasteiger charge is 2.12. The Bertz CT molecular complexity index is 304. The van der Waals surface area contributed by atoms with Gasteiger partial charge in [-0.2, -0.15) is 0 Å². The fourth-order valence-corrected chi connectivity index (χ4v) is 2.15. The largest absolute Gasteiger partial charge is 0.447 e. The zero-order chi connectivity index (χ0) is 10.2. The van der Waals surface area contributed by atoms with Crippen LogP contribution in [0.3, 0.4) is 0 Å². The van der Waals surface area contributed by atoms with Crippen molar-refractivity contribution in [3.8, 4) is 34.7 Å². The second kappa shape index (κ2) is 6.43. The maximum absolute atomic E-state index is 5.32. The van der Waals surface area contributed by atoms with Crippen molar-refractivity contribution in [2.75, 3.05) is 6.61 Å². The van der Waals surface area contributed by atoms with E-state index in [2.05, 4.69) is 28.3 Å². The highest BCUT2D eigenvalue weighted by atomic mass is 28.3. The summed E-state index contributed by atoms with van der Waals surface area (Å²) in [5, 5.41) is 0. The quantitative estimate of drug-likeness (QED) is 0.458. The molecule has 66 valence electrons. The lowest BCUT2D eigenvalue weighted by atomic mass is 10.9. The van der Waals surface area contributed by atoms with Crippen molar-refractivity contribution in [1.82, 2.24) is 0 Å². The maximum atomic E-state index is 5.32. The molecular weight excluding hydrogens is 192 g/mol. The zero-order valence-electron chi connectivity index (χ0n) is 8.19. The lowest BCUT2D eigenvalue weighted by molar-refractivity contribution is 0.299. The molecular formula is C10H12OSi2. The number of ether oxygens (including phenoxy) is 1. The summed E-state index contributed by atoms with van der Waals surface area (Å²) in [7, 11) is -1.37. The van der Waals surface area contributed by atoms with E-state index in [0.29, 0.717) is 16.1 Å². The molecule has 0 unspecified atom stereocenters. The van der Waals surface area contributed by atoms with Crippen LogP contribution in [0.2, 0.25) is 13.1 Å². The normalized spacial score (nSPS) is 8.46. The summed E-state index contributed by atoms with van der Waals surface area (Å²) in [6.07, 6.45) is 7.88. The van der Waals surface area contributed by atoms with Gasteiger partial charge in [0, 0.05) is 0 Å². The van der Waals surface area contributed by atoms with Crippen LogP contribution >= 0.6 is 0 Å². The Morgan fingerprint density at radius 2 is 2.08 bits per heavy atom. The van der Waals surface area contributed by atoms with E-state index in [0.717, 1.165) is 0 Å². The zero-order valence-corrected chi connectivity index (χ0v) is 10.2. The van der Waals surface area contributed by atoms with Gasteiger partial charge >= 0.3 is 0 Å². The van der Waals surface area contributed by atoms with Gasteiger partial charge in [0.15, 0.2) is 0 Å². The molecule has 0 aromatic heterocycles. The number of terminal acetylenes is 1. The van der Waals surface area contributed by atoms with Gasteiger partial charge in [-0.15, -0.1) is 23.1 Å². The van der Waals surface area contributed by atoms with Gasteiger partial charge in [0.1, 0.15) is 6.11 Å². The van der Waals surface area contributed by atoms with Crippen molar-refractivity contribution < 1.29 is 4.74 Å². The van der Waals surface area contributed by atoms with E-state index in [1.807, 2.05) is 20.0 Å². The minimum atomic E-state index is -1.68. The van der Waals surface area contributed by atoms with Crippen LogP contribution in [0.5, 0.6) is 0 Å². The first kappa shape index (κ1) is 11.9. The van der Waals surface area contributed by atoms with Gasteiger partial charge < -0.3 is 4.74 Å². The van der Waals surface area contributed by atoms with E-state index in [4.69, 9.17) is 11.2 Å². The summed E-state index contributed by atoms with van der Waals surface area (Å²) in [6.45, 7) is 6.61. The Morgan fingerprint density at radius 3 is 2.62 bits per heavy atom. The number of hydrogen-bond acceptors (Lipinski definition) is 1. The first-order chi connectivity index (χ1) is 6.12. The highest BCUT2D eigenvalue weighted by Crippen LogP contribution is 1.94. The predicted octanol–water partition coefficient (Wildman–Crippen LogP) is 1.03. The molecule has 0 aliphatic carbocycles. The average molecular weight is 204 g/mol. The highest BCUT2D eigenvalue weighted by molar-refractivity contribution is 6.92. The molecule has 0 fully saturated rings. The van der Waals surface area contributed by atoms with E-state index < -0.39 is 8.07 Å². The Kier molecular flexibility index (Phi) is 5.89. The van der Waals surface area contributed by atoms with Crippen LogP contribution in [-0.2, 0) is 4.74 Å². The van der Waals surface area contributed by atoms with Crippen molar-refractivity contribution in [3.05, 3.63) is 0 Å². The van der Waals surface area contributed by atoms with Gasteiger partial charge in [-0.05, 0) is 20.0 Å². The molecule has 0 spiro atoms. The Balaban J connectivity index is 3.91. The van der Waals surface area contributed by atoms with E-state index in [1.165, 1.54) is 0 Å². The van der Waals surface area contributed by atoms with Crippen LogP contribution in [0.15, 0.2) is 0 Å². The molecule has 0 aliphatic rings. The molecule has 0 saturated heterocycles. The van der Waals surface area contributed by atoms with Crippen molar-refractivity contribution in [2.24, 2.45) is 0 Å². The van der Waals surface area contributed by atoms with Crippen LogP contribution in [0.25, 0.3) is 0 Å². The van der Waals surface area contributed by atoms with Gasteiger partial charge in [-0.25, -0.2) is 0 Å². The second-order valence-electron chi connectivity index (χ2n) is 2.80. The Labute approximate surface area is 84.1 Å². The van der Waals surface area contributed by atoms with E-state index in [1.54, 1.807) is 0 Å². The van der Waals surface area contributed by atoms with Crippen LogP contribution < -0.4 is 0 Å². The smallest absolute Gasteiger partial charge is 0.253 e. The van der Waals surface area contributed by atoms with Crippen molar-refractivity contribution in [3.63, 3.8) is 0 Å². The molecule has 0 amide bonds. The molecule has 0 aliphatic heterocycles. The molecule has 0 atom stereocenters. The first-order valence-electron chi connectivity index (χ1n) is 3.99. The molecule has 0 aromatic carbocycles. The summed E-state index contributed by atoms with van der Waals surface area (Å²) in [4.78, 5) is 0. The molecule has 2 radical (unpaired) electrons. The van der Waals surface area contributed by atoms with Gasteiger partial charge in [-0.1, -0.05) is 5.54 Å². The molecule has 0 rings (SSSR count). The topological polar surface area (TPSA) is 9.23 Å². The summed E-state index contributed by atoms with van der Waals surface area (Å²) < 4.78 is 4.84. The summed E-state index contributed by atoms with van der Waals surface area (Å²) >= 11 is 0. The molecule has 0 aromatic rings. The van der Waals surface area contributed by atoms with E-state index in [9.17, 15) is 0 Å². The number of rotatable bonds is 1. The standard InChI is InChI=1S/C10H12OSi2/c1-5-11-7-8-12-9-10-13(3,4)6-2/h2H,5H2,1,3-4H3. The fourth-order valence-electron chi connectivity index (χ4n) is 0.389. The van der Waals surface area contributed by atoms with Crippen LogP contribution in [0, 0.1) is 34.7 Å². The molecule has 1 nitrogen and oxygen atoms in total. The molecule has 13 heavy (non-hydrogen) atoms. The predicted molar refractivity (Wildman–Crippen MR) is 59.2 cm³/mol. The SMILES string of the molecule is C#C[Si](C)(C)C#C[Si]C#COCC. The Hall–Kier alpha value is -1.09. The van der Waals surface area contributed by atoms with Crippen LogP contribution in [0.4, 0.5) is 0 Å². The minimum Gasteiger partial charge on any atom is -0.447 e. The monoisotopic (exact) mass is 204 g/mol. The van der Waals surface area contributed by atoms with Crippen LogP contribution in [0.1, 0.15) is 6.92 Å². The first-order valence-corrected chi connectivity index (χ1v) is 7.99. The van der Waals surface area contributed by atoms with Gasteiger partial charge in [0.25, 0.3) is 9.52 Å². The third-order valence-corrected chi connectivity index (χ3v) is 3.33. The van der Waals surface area contributed by atoms with Crippen LogP contribution in [-0.4, -0.2) is 24.2 Å². The lowest BCUT2D eigenvalue weighted by Crippen LogP contribution is -2.20. The molecule has 0 bridgehead atoms. The molecule has 3 heteroatoms. The summed E-state index contributed by atoms with van der Waals surface area (Å²) in [5.74, 6) is 0. The van der Waals surface area contributed by atoms with Gasteiger partial charge in [-0.3, -0.25) is 0 Å². The van der Waals surface area contributed by atoms with E-state index >= 15 is 0 Å². The summed E-state index contributed by atoms with van der Waals surface area (Å²) in [5.41, 5.74) is 11.6. The minimum absolute atomic E-state index is 0.311. The molecule has 0 heterocycles. The third-order valence-electron chi connectivity index (χ3n) is 1.13. The summed E-state index contributed by atoms with van der Waals surface area (Å²) in [6, 6.07) is 0.